The first-order valence-corrected chi connectivity index (χ1v) is 9.45. The summed E-state index contributed by atoms with van der Waals surface area (Å²) in [6.07, 6.45) is 0. The van der Waals surface area contributed by atoms with Gasteiger partial charge >= 0.3 is 5.97 Å². The van der Waals surface area contributed by atoms with Crippen molar-refractivity contribution in [3.63, 3.8) is 0 Å². The first kappa shape index (κ1) is 19.2. The molecule has 25 heavy (non-hydrogen) atoms. The maximum atomic E-state index is 12.3. The van der Waals surface area contributed by atoms with Crippen LogP contribution in [0.4, 0.5) is 5.69 Å². The molecule has 0 aliphatic heterocycles. The molecule has 0 heterocycles. The van der Waals surface area contributed by atoms with Crippen molar-refractivity contribution in [1.82, 2.24) is 4.72 Å². The molecule has 0 radical (unpaired) electrons. The summed E-state index contributed by atoms with van der Waals surface area (Å²) >= 11 is 5.77. The number of aliphatic carboxylic acids is 1. The smallest absolute Gasteiger partial charge is 0.322 e. The Kier molecular flexibility index (Phi) is 6.41. The third-order valence-electron chi connectivity index (χ3n) is 3.63. The standard InChI is InChI=1S/C17H19ClN2O4S/c1-12(13-2-6-15(7-3-13)19-11-17(21)22)10-20-25(23,24)16-8-4-14(18)5-9-16/h2-9,12,19-20H,10-11H2,1H3,(H,21,22). The van der Waals surface area contributed by atoms with Crippen molar-refractivity contribution in [2.45, 2.75) is 17.7 Å². The summed E-state index contributed by atoms with van der Waals surface area (Å²) in [5.74, 6) is -0.982. The van der Waals surface area contributed by atoms with Crippen LogP contribution in [-0.2, 0) is 14.8 Å². The van der Waals surface area contributed by atoms with E-state index in [2.05, 4.69) is 10.0 Å². The minimum Gasteiger partial charge on any atom is -0.480 e. The van der Waals surface area contributed by atoms with Crippen molar-refractivity contribution in [2.24, 2.45) is 0 Å². The second-order valence-corrected chi connectivity index (χ2v) is 7.78. The van der Waals surface area contributed by atoms with Crippen LogP contribution in [0.25, 0.3) is 0 Å². The highest BCUT2D eigenvalue weighted by Gasteiger charge is 2.15. The van der Waals surface area contributed by atoms with Gasteiger partial charge in [0.25, 0.3) is 0 Å². The summed E-state index contributed by atoms with van der Waals surface area (Å²) in [6, 6.07) is 13.2. The monoisotopic (exact) mass is 382 g/mol. The average molecular weight is 383 g/mol. The van der Waals surface area contributed by atoms with E-state index in [1.807, 2.05) is 19.1 Å². The van der Waals surface area contributed by atoms with Gasteiger partial charge in [-0.25, -0.2) is 13.1 Å². The number of benzene rings is 2. The first-order chi connectivity index (χ1) is 11.8. The Balaban J connectivity index is 1.96. The zero-order valence-electron chi connectivity index (χ0n) is 13.6. The molecule has 0 fully saturated rings. The molecule has 0 aromatic heterocycles. The summed E-state index contributed by atoms with van der Waals surface area (Å²) in [6.45, 7) is 1.99. The van der Waals surface area contributed by atoms with Crippen LogP contribution in [0.2, 0.25) is 5.02 Å². The number of hydrogen-bond acceptors (Lipinski definition) is 4. The van der Waals surface area contributed by atoms with E-state index in [0.717, 1.165) is 5.56 Å². The number of halogens is 1. The molecular weight excluding hydrogens is 364 g/mol. The predicted octanol–water partition coefficient (Wildman–Crippen LogP) is 2.92. The largest absolute Gasteiger partial charge is 0.480 e. The van der Waals surface area contributed by atoms with Crippen molar-refractivity contribution in [3.05, 3.63) is 59.1 Å². The Morgan fingerprint density at radius 3 is 2.28 bits per heavy atom. The topological polar surface area (TPSA) is 95.5 Å². The number of anilines is 1. The molecule has 0 amide bonds. The van der Waals surface area contributed by atoms with Crippen LogP contribution in [0.1, 0.15) is 18.4 Å². The quantitative estimate of drug-likeness (QED) is 0.652. The van der Waals surface area contributed by atoms with Crippen molar-refractivity contribution in [1.29, 1.82) is 0 Å². The molecule has 0 saturated carbocycles. The lowest BCUT2D eigenvalue weighted by Crippen LogP contribution is -2.27. The second kappa shape index (κ2) is 8.33. The van der Waals surface area contributed by atoms with Crippen LogP contribution in [0, 0.1) is 0 Å². The molecule has 6 nitrogen and oxygen atoms in total. The van der Waals surface area contributed by atoms with Crippen LogP contribution in [-0.4, -0.2) is 32.6 Å². The van der Waals surface area contributed by atoms with Gasteiger partial charge in [-0.3, -0.25) is 4.79 Å². The van der Waals surface area contributed by atoms with Gasteiger partial charge in [0, 0.05) is 17.3 Å². The minimum atomic E-state index is -3.59. The maximum Gasteiger partial charge on any atom is 0.322 e. The van der Waals surface area contributed by atoms with E-state index in [1.165, 1.54) is 24.3 Å². The van der Waals surface area contributed by atoms with Gasteiger partial charge in [-0.2, -0.15) is 0 Å². The van der Waals surface area contributed by atoms with E-state index < -0.39 is 16.0 Å². The van der Waals surface area contributed by atoms with Gasteiger partial charge in [-0.15, -0.1) is 0 Å². The molecule has 0 saturated heterocycles. The van der Waals surface area contributed by atoms with Crippen LogP contribution in [0.15, 0.2) is 53.4 Å². The van der Waals surface area contributed by atoms with Gasteiger partial charge < -0.3 is 10.4 Å². The number of rotatable bonds is 8. The molecule has 134 valence electrons. The zero-order valence-corrected chi connectivity index (χ0v) is 15.1. The molecule has 2 aromatic carbocycles. The lowest BCUT2D eigenvalue weighted by atomic mass is 10.0. The third-order valence-corrected chi connectivity index (χ3v) is 5.32. The van der Waals surface area contributed by atoms with E-state index in [4.69, 9.17) is 16.7 Å². The minimum absolute atomic E-state index is 0.0457. The molecule has 3 N–H and O–H groups in total. The summed E-state index contributed by atoms with van der Waals surface area (Å²) < 4.78 is 27.1. The van der Waals surface area contributed by atoms with Gasteiger partial charge in [0.15, 0.2) is 0 Å². The molecule has 0 spiro atoms. The van der Waals surface area contributed by atoms with E-state index >= 15 is 0 Å². The summed E-state index contributed by atoms with van der Waals surface area (Å²) in [5, 5.41) is 11.9. The van der Waals surface area contributed by atoms with Crippen LogP contribution in [0.3, 0.4) is 0 Å². The fourth-order valence-electron chi connectivity index (χ4n) is 2.16. The number of carbonyl (C=O) groups is 1. The Morgan fingerprint density at radius 1 is 1.12 bits per heavy atom. The molecule has 8 heteroatoms. The number of sulfonamides is 1. The Hall–Kier alpha value is -2.09. The lowest BCUT2D eigenvalue weighted by molar-refractivity contribution is -0.134. The van der Waals surface area contributed by atoms with E-state index in [0.29, 0.717) is 10.7 Å². The fraction of sp³-hybridized carbons (Fsp3) is 0.235. The van der Waals surface area contributed by atoms with Crippen molar-refractivity contribution >= 4 is 33.3 Å². The molecule has 1 atom stereocenters. The zero-order chi connectivity index (χ0) is 18.4. The Labute approximate surface area is 151 Å². The summed E-state index contributed by atoms with van der Waals surface area (Å²) in [5.41, 5.74) is 1.64. The Bertz CT molecular complexity index is 821. The maximum absolute atomic E-state index is 12.3. The van der Waals surface area contributed by atoms with Gasteiger partial charge in [-0.05, 0) is 47.9 Å². The van der Waals surface area contributed by atoms with Crippen molar-refractivity contribution < 1.29 is 18.3 Å². The number of hydrogen-bond donors (Lipinski definition) is 3. The molecule has 2 rings (SSSR count). The average Bonchev–Trinajstić information content (AvgIpc) is 2.59. The third kappa shape index (κ3) is 5.74. The predicted molar refractivity (Wildman–Crippen MR) is 97.6 cm³/mol. The van der Waals surface area contributed by atoms with Crippen LogP contribution >= 0.6 is 11.6 Å². The molecule has 1 unspecified atom stereocenters. The van der Waals surface area contributed by atoms with Gasteiger partial charge in [0.05, 0.1) is 4.90 Å². The molecule has 2 aromatic rings. The molecule has 0 aliphatic carbocycles. The highest BCUT2D eigenvalue weighted by Crippen LogP contribution is 2.19. The number of nitrogens with one attached hydrogen (secondary N) is 2. The highest BCUT2D eigenvalue weighted by atomic mass is 35.5. The van der Waals surface area contributed by atoms with E-state index in [1.54, 1.807) is 12.1 Å². The second-order valence-electron chi connectivity index (χ2n) is 5.58. The summed E-state index contributed by atoms with van der Waals surface area (Å²) in [7, 11) is -3.59. The van der Waals surface area contributed by atoms with E-state index in [-0.39, 0.29) is 23.9 Å². The van der Waals surface area contributed by atoms with E-state index in [9.17, 15) is 13.2 Å². The van der Waals surface area contributed by atoms with Gasteiger partial charge in [0.2, 0.25) is 10.0 Å². The summed E-state index contributed by atoms with van der Waals surface area (Å²) in [4.78, 5) is 10.7. The SMILES string of the molecule is CC(CNS(=O)(=O)c1ccc(Cl)cc1)c1ccc(NCC(=O)O)cc1. The van der Waals surface area contributed by atoms with Gasteiger partial charge in [-0.1, -0.05) is 30.7 Å². The lowest BCUT2D eigenvalue weighted by Gasteiger charge is -2.14. The fourth-order valence-corrected chi connectivity index (χ4v) is 3.41. The number of carboxylic acids is 1. The molecule has 0 aliphatic rings. The van der Waals surface area contributed by atoms with Crippen LogP contribution in [0.5, 0.6) is 0 Å². The molecular formula is C17H19ClN2O4S. The van der Waals surface area contributed by atoms with Crippen molar-refractivity contribution in [2.75, 3.05) is 18.4 Å². The van der Waals surface area contributed by atoms with Crippen molar-refractivity contribution in [3.8, 4) is 0 Å². The normalized spacial score (nSPS) is 12.6. The Morgan fingerprint density at radius 2 is 1.72 bits per heavy atom. The highest BCUT2D eigenvalue weighted by molar-refractivity contribution is 7.89. The van der Waals surface area contributed by atoms with Crippen LogP contribution < -0.4 is 10.0 Å². The first-order valence-electron chi connectivity index (χ1n) is 7.59. The number of carboxylic acid groups (broad SMARTS) is 1. The van der Waals surface area contributed by atoms with Gasteiger partial charge in [0.1, 0.15) is 6.54 Å². The molecule has 0 bridgehead atoms.